The second-order valence-corrected chi connectivity index (χ2v) is 8.32. The van der Waals surface area contributed by atoms with Crippen LogP contribution in [0.1, 0.15) is 29.8 Å². The van der Waals surface area contributed by atoms with Crippen LogP contribution in [-0.4, -0.2) is 52.1 Å². The van der Waals surface area contributed by atoms with Crippen LogP contribution in [0, 0.1) is 0 Å². The maximum atomic E-state index is 12.3. The predicted octanol–water partition coefficient (Wildman–Crippen LogP) is 2.09. The normalized spacial score (nSPS) is 18.5. The topological polar surface area (TPSA) is 75.7 Å². The van der Waals surface area contributed by atoms with Crippen LogP contribution in [0.2, 0.25) is 0 Å². The van der Waals surface area contributed by atoms with Gasteiger partial charge in [0, 0.05) is 17.6 Å². The Hall–Kier alpha value is -1.81. The van der Waals surface area contributed by atoms with Crippen molar-refractivity contribution in [2.75, 3.05) is 23.8 Å². The van der Waals surface area contributed by atoms with E-state index >= 15 is 0 Å². The van der Waals surface area contributed by atoms with Crippen LogP contribution < -0.4 is 9.62 Å². The number of fused-ring (bicyclic) bond motifs is 1. The van der Waals surface area contributed by atoms with Crippen molar-refractivity contribution in [1.82, 2.24) is 5.32 Å². The number of nitrogens with zero attached hydrogens (tertiary/aromatic N) is 1. The number of amides is 1. The highest BCUT2D eigenvalue weighted by Gasteiger charge is 2.33. The molecule has 2 unspecified atom stereocenters. The Labute approximate surface area is 150 Å². The highest BCUT2D eigenvalue weighted by molar-refractivity contribution is 7.92. The van der Waals surface area contributed by atoms with Crippen molar-refractivity contribution in [3.05, 3.63) is 29.3 Å². The number of benzene rings is 1. The maximum Gasteiger partial charge on any atom is 0.411 e. The average molecular weight is 394 g/mol. The standard InChI is InChI=1S/C16H21F3N2O4S/c1-10(8-25-9-16(17,18)19)20-15(22)12-4-5-14-13(7-12)6-11(2)21(14)26(3,23)24/h4-5,7,10-11H,6,8-9H2,1-3H3,(H,20,22). The smallest absolute Gasteiger partial charge is 0.370 e. The van der Waals surface area contributed by atoms with Crippen LogP contribution in [0.15, 0.2) is 18.2 Å². The molecule has 1 aromatic carbocycles. The van der Waals surface area contributed by atoms with Crippen LogP contribution in [0.3, 0.4) is 0 Å². The van der Waals surface area contributed by atoms with Crippen LogP contribution in [0.25, 0.3) is 0 Å². The molecule has 2 atom stereocenters. The molecule has 0 saturated heterocycles. The van der Waals surface area contributed by atoms with Crippen molar-refractivity contribution >= 4 is 21.6 Å². The lowest BCUT2D eigenvalue weighted by atomic mass is 10.1. The summed E-state index contributed by atoms with van der Waals surface area (Å²) in [7, 11) is -3.42. The number of halogens is 3. The molecule has 0 aromatic heterocycles. The molecule has 6 nitrogen and oxygen atoms in total. The molecular weight excluding hydrogens is 373 g/mol. The first-order chi connectivity index (χ1) is 11.9. The van der Waals surface area contributed by atoms with E-state index in [1.165, 1.54) is 17.3 Å². The third kappa shape index (κ3) is 5.10. The zero-order chi connectivity index (χ0) is 19.7. The van der Waals surface area contributed by atoms with E-state index in [9.17, 15) is 26.4 Å². The molecule has 0 spiro atoms. The Kier molecular flexibility index (Phi) is 5.86. The monoisotopic (exact) mass is 394 g/mol. The Balaban J connectivity index is 2.03. The number of nitrogens with one attached hydrogen (secondary N) is 1. The number of hydrogen-bond acceptors (Lipinski definition) is 4. The third-order valence-electron chi connectivity index (χ3n) is 3.86. The summed E-state index contributed by atoms with van der Waals surface area (Å²) in [5.74, 6) is -0.457. The first-order valence-corrected chi connectivity index (χ1v) is 9.81. The van der Waals surface area contributed by atoms with Gasteiger partial charge in [-0.2, -0.15) is 13.2 Å². The second kappa shape index (κ2) is 7.43. The van der Waals surface area contributed by atoms with Gasteiger partial charge in [-0.25, -0.2) is 8.42 Å². The molecule has 0 fully saturated rings. The van der Waals surface area contributed by atoms with Gasteiger partial charge < -0.3 is 10.1 Å². The third-order valence-corrected chi connectivity index (χ3v) is 5.13. The largest absolute Gasteiger partial charge is 0.411 e. The Morgan fingerprint density at radius 1 is 1.42 bits per heavy atom. The minimum atomic E-state index is -4.41. The molecule has 1 N–H and O–H groups in total. The Morgan fingerprint density at radius 3 is 2.65 bits per heavy atom. The van der Waals surface area contributed by atoms with Crippen molar-refractivity contribution < 1.29 is 31.1 Å². The lowest BCUT2D eigenvalue weighted by molar-refractivity contribution is -0.174. The molecule has 1 aliphatic rings. The van der Waals surface area contributed by atoms with Crippen LogP contribution in [-0.2, 0) is 21.2 Å². The first-order valence-electron chi connectivity index (χ1n) is 7.96. The molecule has 146 valence electrons. The van der Waals surface area contributed by atoms with Gasteiger partial charge in [0.05, 0.1) is 18.6 Å². The molecule has 1 aromatic rings. The highest BCUT2D eigenvalue weighted by Crippen LogP contribution is 2.34. The molecule has 0 saturated carbocycles. The SMILES string of the molecule is CC(COCC(F)(F)F)NC(=O)c1ccc2c(c1)CC(C)N2S(C)(=O)=O. The lowest BCUT2D eigenvalue weighted by Gasteiger charge is -2.22. The summed E-state index contributed by atoms with van der Waals surface area (Å²) in [5.41, 5.74) is 1.59. The van der Waals surface area contributed by atoms with Gasteiger partial charge in [-0.3, -0.25) is 9.10 Å². The molecule has 1 heterocycles. The van der Waals surface area contributed by atoms with Gasteiger partial charge in [0.15, 0.2) is 0 Å². The molecule has 0 aliphatic carbocycles. The van der Waals surface area contributed by atoms with E-state index in [1.54, 1.807) is 19.1 Å². The van der Waals surface area contributed by atoms with Gasteiger partial charge >= 0.3 is 6.18 Å². The van der Waals surface area contributed by atoms with Crippen molar-refractivity contribution in [2.45, 2.75) is 38.5 Å². The minimum absolute atomic E-state index is 0.243. The molecule has 2 rings (SSSR count). The number of carbonyl (C=O) groups excluding carboxylic acids is 1. The molecule has 1 amide bonds. The molecule has 26 heavy (non-hydrogen) atoms. The fraction of sp³-hybridized carbons (Fsp3) is 0.562. The van der Waals surface area contributed by atoms with Crippen LogP contribution in [0.5, 0.6) is 0 Å². The van der Waals surface area contributed by atoms with Crippen LogP contribution in [0.4, 0.5) is 18.9 Å². The fourth-order valence-electron chi connectivity index (χ4n) is 2.95. The molecular formula is C16H21F3N2O4S. The van der Waals surface area contributed by atoms with Crippen molar-refractivity contribution in [3.8, 4) is 0 Å². The van der Waals surface area contributed by atoms with E-state index in [-0.39, 0.29) is 12.6 Å². The fourth-order valence-corrected chi connectivity index (χ4v) is 4.21. The number of rotatable bonds is 6. The van der Waals surface area contributed by atoms with Crippen LogP contribution >= 0.6 is 0 Å². The Morgan fingerprint density at radius 2 is 2.08 bits per heavy atom. The predicted molar refractivity (Wildman–Crippen MR) is 90.7 cm³/mol. The minimum Gasteiger partial charge on any atom is -0.370 e. The molecule has 0 bridgehead atoms. The van der Waals surface area contributed by atoms with Gasteiger partial charge in [-0.15, -0.1) is 0 Å². The second-order valence-electron chi connectivity index (χ2n) is 6.46. The summed E-state index contributed by atoms with van der Waals surface area (Å²) < 4.78 is 65.8. The lowest BCUT2D eigenvalue weighted by Crippen LogP contribution is -2.37. The summed E-state index contributed by atoms with van der Waals surface area (Å²) >= 11 is 0. The van der Waals surface area contributed by atoms with Crippen molar-refractivity contribution in [3.63, 3.8) is 0 Å². The first kappa shape index (κ1) is 20.5. The van der Waals surface area contributed by atoms with Crippen molar-refractivity contribution in [1.29, 1.82) is 0 Å². The summed E-state index contributed by atoms with van der Waals surface area (Å²) in [6, 6.07) is 3.82. The van der Waals surface area contributed by atoms with E-state index in [0.717, 1.165) is 11.8 Å². The quantitative estimate of drug-likeness (QED) is 0.802. The van der Waals surface area contributed by atoms with E-state index < -0.39 is 34.8 Å². The van der Waals surface area contributed by atoms with E-state index in [1.807, 2.05) is 0 Å². The number of anilines is 1. The number of ether oxygens (including phenoxy) is 1. The highest BCUT2D eigenvalue weighted by atomic mass is 32.2. The van der Waals surface area contributed by atoms with Crippen molar-refractivity contribution in [2.24, 2.45) is 0 Å². The summed E-state index contributed by atoms with van der Waals surface area (Å²) in [6.07, 6.45) is -2.80. The number of hydrogen-bond donors (Lipinski definition) is 1. The van der Waals surface area contributed by atoms with Gasteiger partial charge in [0.2, 0.25) is 10.0 Å². The molecule has 10 heteroatoms. The number of alkyl halides is 3. The van der Waals surface area contributed by atoms with Gasteiger partial charge in [0.25, 0.3) is 5.91 Å². The van der Waals surface area contributed by atoms with Gasteiger partial charge in [-0.05, 0) is 44.0 Å². The zero-order valence-corrected chi connectivity index (χ0v) is 15.4. The van der Waals surface area contributed by atoms with E-state index in [2.05, 4.69) is 10.1 Å². The summed E-state index contributed by atoms with van der Waals surface area (Å²) in [6.45, 7) is 1.68. The maximum absolute atomic E-state index is 12.3. The van der Waals surface area contributed by atoms with Gasteiger partial charge in [-0.1, -0.05) is 0 Å². The van der Waals surface area contributed by atoms with E-state index in [4.69, 9.17) is 0 Å². The zero-order valence-electron chi connectivity index (χ0n) is 14.6. The number of sulfonamides is 1. The summed E-state index contributed by atoms with van der Waals surface area (Å²) in [4.78, 5) is 12.3. The average Bonchev–Trinajstić information content (AvgIpc) is 2.80. The van der Waals surface area contributed by atoms with Gasteiger partial charge in [0.1, 0.15) is 6.61 Å². The molecule has 1 aliphatic heterocycles. The molecule has 0 radical (unpaired) electrons. The number of carbonyl (C=O) groups is 1. The summed E-state index contributed by atoms with van der Waals surface area (Å²) in [5, 5.41) is 2.56. The Bertz CT molecular complexity index is 780. The van der Waals surface area contributed by atoms with E-state index in [0.29, 0.717) is 17.7 Å².